The molecule has 0 aliphatic carbocycles. The Hall–Kier alpha value is -0.940. The van der Waals surface area contributed by atoms with Crippen LogP contribution in [-0.2, 0) is 13.1 Å². The summed E-state index contributed by atoms with van der Waals surface area (Å²) in [7, 11) is 0. The minimum atomic E-state index is 0.179. The molecule has 1 atom stereocenters. The van der Waals surface area contributed by atoms with Crippen LogP contribution in [0.25, 0.3) is 0 Å². The van der Waals surface area contributed by atoms with Gasteiger partial charge in [-0.1, -0.05) is 13.8 Å². The van der Waals surface area contributed by atoms with Crippen LogP contribution in [0.3, 0.4) is 0 Å². The summed E-state index contributed by atoms with van der Waals surface area (Å²) in [6, 6.07) is 0. The monoisotopic (exact) mass is 279 g/mol. The van der Waals surface area contributed by atoms with Gasteiger partial charge in [0.2, 0.25) is 0 Å². The van der Waals surface area contributed by atoms with Crippen LogP contribution in [0.15, 0.2) is 6.33 Å². The van der Waals surface area contributed by atoms with Gasteiger partial charge >= 0.3 is 0 Å². The third-order valence-corrected chi connectivity index (χ3v) is 4.22. The van der Waals surface area contributed by atoms with Gasteiger partial charge in [0.15, 0.2) is 0 Å². The summed E-state index contributed by atoms with van der Waals surface area (Å²) in [5.41, 5.74) is 0.480. The third-order valence-electron chi connectivity index (χ3n) is 4.22. The van der Waals surface area contributed by atoms with Crippen LogP contribution < -0.4 is 5.32 Å². The summed E-state index contributed by atoms with van der Waals surface area (Å²) < 4.78 is 2.16. The Bertz CT molecular complexity index is 434. The Morgan fingerprint density at radius 3 is 2.65 bits per heavy atom. The second-order valence-corrected chi connectivity index (χ2v) is 7.42. The normalized spacial score (nSPS) is 19.6. The van der Waals surface area contributed by atoms with Crippen LogP contribution >= 0.6 is 0 Å². The van der Waals surface area contributed by atoms with E-state index in [-0.39, 0.29) is 5.54 Å². The summed E-state index contributed by atoms with van der Waals surface area (Å²) >= 11 is 0. The maximum absolute atomic E-state index is 4.20. The van der Waals surface area contributed by atoms with E-state index < -0.39 is 0 Å². The van der Waals surface area contributed by atoms with Crippen LogP contribution in [0, 0.1) is 5.41 Å². The number of fused-ring (bicyclic) bond motifs is 1. The van der Waals surface area contributed by atoms with Gasteiger partial charge in [-0.25, -0.2) is 0 Å². The fourth-order valence-electron chi connectivity index (χ4n) is 2.56. The van der Waals surface area contributed by atoms with E-state index in [0.29, 0.717) is 5.41 Å². The van der Waals surface area contributed by atoms with Crippen molar-refractivity contribution in [3.05, 3.63) is 12.2 Å². The molecule has 1 aliphatic heterocycles. The minimum Gasteiger partial charge on any atom is -0.315 e. The number of hydrogen-bond acceptors (Lipinski definition) is 4. The predicted molar refractivity (Wildman–Crippen MR) is 81.5 cm³/mol. The molecule has 0 fully saturated rings. The smallest absolute Gasteiger partial charge is 0.147 e. The molecule has 2 rings (SSSR count). The van der Waals surface area contributed by atoms with E-state index in [0.717, 1.165) is 38.5 Å². The molecule has 0 amide bonds. The first-order chi connectivity index (χ1) is 9.31. The van der Waals surface area contributed by atoms with E-state index in [1.165, 1.54) is 6.42 Å². The summed E-state index contributed by atoms with van der Waals surface area (Å²) in [5.74, 6) is 1.10. The molecule has 1 N–H and O–H groups in total. The highest BCUT2D eigenvalue weighted by molar-refractivity contribution is 4.92. The average Bonchev–Trinajstić information content (AvgIpc) is 2.83. The molecule has 5 nitrogen and oxygen atoms in total. The molecule has 1 aromatic heterocycles. The lowest BCUT2D eigenvalue weighted by Gasteiger charge is -2.38. The number of nitrogens with one attached hydrogen (secondary N) is 1. The molecule has 1 aliphatic rings. The lowest BCUT2D eigenvalue weighted by atomic mass is 9.85. The van der Waals surface area contributed by atoms with Crippen molar-refractivity contribution < 1.29 is 0 Å². The Labute approximate surface area is 122 Å². The molecule has 114 valence electrons. The van der Waals surface area contributed by atoms with Gasteiger partial charge in [0.05, 0.1) is 6.54 Å². The van der Waals surface area contributed by atoms with Crippen LogP contribution in [-0.4, -0.2) is 44.8 Å². The maximum atomic E-state index is 4.20. The van der Waals surface area contributed by atoms with Crippen molar-refractivity contribution in [2.75, 3.05) is 19.6 Å². The second kappa shape index (κ2) is 5.82. The number of nitrogens with zero attached hydrogens (tertiary/aromatic N) is 4. The van der Waals surface area contributed by atoms with Crippen molar-refractivity contribution in [1.82, 2.24) is 25.0 Å². The third kappa shape index (κ3) is 4.03. The molecule has 0 bridgehead atoms. The van der Waals surface area contributed by atoms with Crippen molar-refractivity contribution in [3.8, 4) is 0 Å². The van der Waals surface area contributed by atoms with Gasteiger partial charge < -0.3 is 9.88 Å². The first kappa shape index (κ1) is 15.4. The van der Waals surface area contributed by atoms with E-state index in [1.54, 1.807) is 0 Å². The summed E-state index contributed by atoms with van der Waals surface area (Å²) in [6.07, 6.45) is 3.02. The van der Waals surface area contributed by atoms with Crippen molar-refractivity contribution in [3.63, 3.8) is 0 Å². The van der Waals surface area contributed by atoms with Gasteiger partial charge in [0.1, 0.15) is 12.2 Å². The second-order valence-electron chi connectivity index (χ2n) is 7.42. The molecule has 0 aromatic carbocycles. The Morgan fingerprint density at radius 1 is 1.25 bits per heavy atom. The van der Waals surface area contributed by atoms with Gasteiger partial charge in [0.25, 0.3) is 0 Å². The quantitative estimate of drug-likeness (QED) is 0.894. The van der Waals surface area contributed by atoms with Crippen LogP contribution in [0.1, 0.15) is 46.9 Å². The predicted octanol–water partition coefficient (Wildman–Crippen LogP) is 1.90. The molecule has 0 radical (unpaired) electrons. The molecule has 5 heteroatoms. The van der Waals surface area contributed by atoms with Crippen LogP contribution in [0.5, 0.6) is 0 Å². The van der Waals surface area contributed by atoms with Crippen molar-refractivity contribution in [1.29, 1.82) is 0 Å². The molecule has 1 aromatic rings. The van der Waals surface area contributed by atoms with Crippen LogP contribution in [0.4, 0.5) is 0 Å². The van der Waals surface area contributed by atoms with Crippen molar-refractivity contribution >= 4 is 0 Å². The number of rotatable bonds is 5. The summed E-state index contributed by atoms with van der Waals surface area (Å²) in [5, 5.41) is 11.9. The van der Waals surface area contributed by atoms with Gasteiger partial charge in [-0.15, -0.1) is 10.2 Å². The van der Waals surface area contributed by atoms with Gasteiger partial charge in [-0.05, 0) is 32.6 Å². The molecule has 0 spiro atoms. The molecule has 2 heterocycles. The molecule has 0 saturated carbocycles. The van der Waals surface area contributed by atoms with Crippen molar-refractivity contribution in [2.24, 2.45) is 5.41 Å². The lowest BCUT2D eigenvalue weighted by molar-refractivity contribution is 0.121. The highest BCUT2D eigenvalue weighted by Crippen LogP contribution is 2.24. The van der Waals surface area contributed by atoms with E-state index in [2.05, 4.69) is 59.6 Å². The molecular formula is C15H29N5. The van der Waals surface area contributed by atoms with E-state index in [4.69, 9.17) is 0 Å². The molecule has 1 unspecified atom stereocenters. The largest absolute Gasteiger partial charge is 0.315 e. The summed E-state index contributed by atoms with van der Waals surface area (Å²) in [6.45, 7) is 16.5. The fraction of sp³-hybridized carbons (Fsp3) is 0.867. The highest BCUT2D eigenvalue weighted by atomic mass is 15.3. The first-order valence-electron chi connectivity index (χ1n) is 7.65. The van der Waals surface area contributed by atoms with Crippen molar-refractivity contribution in [2.45, 2.75) is 59.7 Å². The minimum absolute atomic E-state index is 0.179. The Kier molecular flexibility index (Phi) is 4.49. The molecular weight excluding hydrogens is 250 g/mol. The zero-order chi connectivity index (χ0) is 14.8. The average molecular weight is 279 g/mol. The summed E-state index contributed by atoms with van der Waals surface area (Å²) in [4.78, 5) is 2.51. The Morgan fingerprint density at radius 2 is 2.00 bits per heavy atom. The Balaban J connectivity index is 1.93. The first-order valence-corrected chi connectivity index (χ1v) is 7.65. The van der Waals surface area contributed by atoms with E-state index in [9.17, 15) is 0 Å². The lowest BCUT2D eigenvalue weighted by Crippen LogP contribution is -2.48. The van der Waals surface area contributed by atoms with Gasteiger partial charge in [0, 0.05) is 31.7 Å². The van der Waals surface area contributed by atoms with Gasteiger partial charge in [-0.3, -0.25) is 4.90 Å². The maximum Gasteiger partial charge on any atom is 0.147 e. The molecule has 20 heavy (non-hydrogen) atoms. The zero-order valence-corrected chi connectivity index (χ0v) is 13.6. The standard InChI is InChI=1S/C15H29N5/c1-6-15(5,10-16-14(2,3)4)11-19-7-8-20-12-17-18-13(20)9-19/h12,16H,6-11H2,1-5H3. The molecule has 0 saturated heterocycles. The van der Waals surface area contributed by atoms with Crippen LogP contribution in [0.2, 0.25) is 0 Å². The fourth-order valence-corrected chi connectivity index (χ4v) is 2.56. The topological polar surface area (TPSA) is 46.0 Å². The van der Waals surface area contributed by atoms with Gasteiger partial charge in [-0.2, -0.15) is 0 Å². The van der Waals surface area contributed by atoms with E-state index in [1.807, 2.05) is 6.33 Å². The zero-order valence-electron chi connectivity index (χ0n) is 13.6. The number of aromatic nitrogens is 3. The highest BCUT2D eigenvalue weighted by Gasteiger charge is 2.29. The SMILES string of the molecule is CCC(C)(CNC(C)(C)C)CN1CCn2cnnc2C1. The van der Waals surface area contributed by atoms with E-state index >= 15 is 0 Å². The number of hydrogen-bond donors (Lipinski definition) is 1.